The minimum absolute atomic E-state index is 0.0163. The third kappa shape index (κ3) is 5.44. The van der Waals surface area contributed by atoms with Crippen LogP contribution in [0.5, 0.6) is 5.75 Å². The number of ether oxygens (including phenoxy) is 1. The van der Waals surface area contributed by atoms with Gasteiger partial charge in [-0.05, 0) is 24.3 Å². The summed E-state index contributed by atoms with van der Waals surface area (Å²) in [6.45, 7) is 1.34. The second kappa shape index (κ2) is 5.63. The summed E-state index contributed by atoms with van der Waals surface area (Å²) in [6.07, 6.45) is -1.52. The summed E-state index contributed by atoms with van der Waals surface area (Å²) in [5, 5.41) is 2.49. The Morgan fingerprint density at radius 2 is 1.78 bits per heavy atom. The molecule has 9 heteroatoms. The number of amides is 1. The van der Waals surface area contributed by atoms with Gasteiger partial charge >= 0.3 is 14.0 Å². The van der Waals surface area contributed by atoms with Crippen LogP contribution >= 0.6 is 7.82 Å². The van der Waals surface area contributed by atoms with Crippen LogP contribution in [0.1, 0.15) is 6.92 Å². The van der Waals surface area contributed by atoms with Gasteiger partial charge in [0, 0.05) is 12.6 Å². The quantitative estimate of drug-likeness (QED) is 0.431. The molecule has 98 valence electrons. The summed E-state index contributed by atoms with van der Waals surface area (Å²) in [7, 11) is -4.92. The van der Waals surface area contributed by atoms with E-state index >= 15 is 0 Å². The Bertz CT molecular complexity index is 492. The third-order valence-electron chi connectivity index (χ3n) is 1.57. The first kappa shape index (κ1) is 14.2. The molecule has 0 atom stereocenters. The highest BCUT2D eigenvalue weighted by Gasteiger charge is 2.22. The molecular formula is C9H10NO7P. The van der Waals surface area contributed by atoms with Crippen LogP contribution in [0.4, 0.5) is 10.5 Å². The minimum Gasteiger partial charge on any atom is -0.395 e. The highest BCUT2D eigenvalue weighted by molar-refractivity contribution is 7.46. The number of anilines is 1. The van der Waals surface area contributed by atoms with Gasteiger partial charge in [-0.25, -0.2) is 9.36 Å². The fourth-order valence-electron chi connectivity index (χ4n) is 1.02. The lowest BCUT2D eigenvalue weighted by Gasteiger charge is -2.07. The van der Waals surface area contributed by atoms with Crippen molar-refractivity contribution in [2.75, 3.05) is 5.32 Å². The van der Waals surface area contributed by atoms with Crippen LogP contribution in [0.2, 0.25) is 0 Å². The molecule has 1 rings (SSSR count). The molecule has 0 aliphatic rings. The molecule has 3 N–H and O–H groups in total. The third-order valence-corrected chi connectivity index (χ3v) is 1.96. The average Bonchev–Trinajstić information content (AvgIpc) is 2.17. The average molecular weight is 275 g/mol. The van der Waals surface area contributed by atoms with E-state index in [-0.39, 0.29) is 11.7 Å². The monoisotopic (exact) mass is 275 g/mol. The van der Waals surface area contributed by atoms with E-state index in [9.17, 15) is 14.2 Å². The largest absolute Gasteiger partial charge is 0.529 e. The first-order chi connectivity index (χ1) is 8.26. The number of phosphoric acid groups is 1. The molecular weight excluding hydrogens is 265 g/mol. The van der Waals surface area contributed by atoms with Crippen LogP contribution in [0, 0.1) is 0 Å². The van der Waals surface area contributed by atoms with Crippen molar-refractivity contribution >= 4 is 25.6 Å². The minimum atomic E-state index is -4.92. The smallest absolute Gasteiger partial charge is 0.395 e. The molecule has 0 aliphatic heterocycles. The number of carbonyl (C=O) groups excluding carboxylic acids is 2. The maximum Gasteiger partial charge on any atom is 0.529 e. The maximum atomic E-state index is 10.9. The van der Waals surface area contributed by atoms with Crippen molar-refractivity contribution in [2.24, 2.45) is 0 Å². The summed E-state index contributed by atoms with van der Waals surface area (Å²) in [5.41, 5.74) is 0.484. The van der Waals surface area contributed by atoms with E-state index < -0.39 is 14.0 Å². The molecule has 0 aliphatic carbocycles. The molecule has 18 heavy (non-hydrogen) atoms. The van der Waals surface area contributed by atoms with Gasteiger partial charge in [0.25, 0.3) is 0 Å². The zero-order valence-corrected chi connectivity index (χ0v) is 10.1. The topological polar surface area (TPSA) is 122 Å². The lowest BCUT2D eigenvalue weighted by Crippen LogP contribution is -2.09. The van der Waals surface area contributed by atoms with Crippen molar-refractivity contribution in [1.29, 1.82) is 0 Å². The summed E-state index contributed by atoms with van der Waals surface area (Å²) in [4.78, 5) is 38.3. The first-order valence-corrected chi connectivity index (χ1v) is 6.14. The van der Waals surface area contributed by atoms with Crippen LogP contribution in [0.25, 0.3) is 0 Å². The first-order valence-electron chi connectivity index (χ1n) is 4.61. The Morgan fingerprint density at radius 3 is 2.22 bits per heavy atom. The van der Waals surface area contributed by atoms with E-state index in [0.29, 0.717) is 5.69 Å². The van der Waals surface area contributed by atoms with Crippen LogP contribution in [-0.2, 0) is 13.9 Å². The molecule has 0 heterocycles. The Morgan fingerprint density at radius 1 is 1.22 bits per heavy atom. The highest BCUT2D eigenvalue weighted by Crippen LogP contribution is 2.36. The summed E-state index contributed by atoms with van der Waals surface area (Å²) >= 11 is 0. The van der Waals surface area contributed by atoms with Gasteiger partial charge in [0.15, 0.2) is 0 Å². The van der Waals surface area contributed by atoms with E-state index in [1.165, 1.54) is 31.2 Å². The van der Waals surface area contributed by atoms with Crippen LogP contribution < -0.4 is 10.1 Å². The van der Waals surface area contributed by atoms with Gasteiger partial charge in [0.05, 0.1) is 0 Å². The van der Waals surface area contributed by atoms with E-state index in [1.54, 1.807) is 0 Å². The van der Waals surface area contributed by atoms with Crippen molar-refractivity contribution < 1.29 is 33.2 Å². The fourth-order valence-corrected chi connectivity index (χ4v) is 1.25. The van der Waals surface area contributed by atoms with Gasteiger partial charge in [0.1, 0.15) is 5.75 Å². The van der Waals surface area contributed by atoms with Gasteiger partial charge in [-0.15, -0.1) is 0 Å². The van der Waals surface area contributed by atoms with Crippen molar-refractivity contribution in [1.82, 2.24) is 0 Å². The predicted octanol–water partition coefficient (Wildman–Crippen LogP) is 1.25. The Hall–Kier alpha value is -1.89. The standard InChI is InChI=1S/C9H10NO7P/c1-6(11)10-7-2-4-8(5-3-7)16-9(12)17-18(13,14)15/h2-5H,1H3,(H,10,11)(H2,13,14,15). The SMILES string of the molecule is CC(=O)Nc1ccc(OC(=O)OP(=O)(O)O)cc1. The van der Waals surface area contributed by atoms with Crippen LogP contribution in [0.3, 0.4) is 0 Å². The number of hydrogen-bond donors (Lipinski definition) is 3. The number of hydrogen-bond acceptors (Lipinski definition) is 5. The number of rotatable bonds is 3. The molecule has 0 saturated heterocycles. The number of nitrogens with one attached hydrogen (secondary N) is 1. The van der Waals surface area contributed by atoms with Crippen molar-refractivity contribution in [3.05, 3.63) is 24.3 Å². The Labute approximate surface area is 102 Å². The zero-order chi connectivity index (χ0) is 13.8. The van der Waals surface area contributed by atoms with Gasteiger partial charge in [-0.1, -0.05) is 0 Å². The number of benzene rings is 1. The fraction of sp³-hybridized carbons (Fsp3) is 0.111. The number of carbonyl (C=O) groups is 2. The van der Waals surface area contributed by atoms with E-state index in [4.69, 9.17) is 9.79 Å². The zero-order valence-electron chi connectivity index (χ0n) is 9.19. The van der Waals surface area contributed by atoms with Gasteiger partial charge in [-0.3, -0.25) is 14.6 Å². The maximum absolute atomic E-state index is 10.9. The second-order valence-corrected chi connectivity index (χ2v) is 4.30. The summed E-state index contributed by atoms with van der Waals surface area (Å²) in [5.74, 6) is -0.243. The van der Waals surface area contributed by atoms with Crippen LogP contribution in [0.15, 0.2) is 24.3 Å². The molecule has 0 bridgehead atoms. The summed E-state index contributed by atoms with van der Waals surface area (Å²) < 4.78 is 18.5. The molecule has 0 aromatic heterocycles. The number of phosphoric ester groups is 1. The molecule has 8 nitrogen and oxygen atoms in total. The molecule has 1 aromatic carbocycles. The van der Waals surface area contributed by atoms with Crippen molar-refractivity contribution in [2.45, 2.75) is 6.92 Å². The van der Waals surface area contributed by atoms with Crippen molar-refractivity contribution in [3.8, 4) is 5.75 Å². The highest BCUT2D eigenvalue weighted by atomic mass is 31.2. The Kier molecular flexibility index (Phi) is 4.43. The van der Waals surface area contributed by atoms with Gasteiger partial charge < -0.3 is 14.6 Å². The lowest BCUT2D eigenvalue weighted by atomic mass is 10.3. The molecule has 0 fully saturated rings. The summed E-state index contributed by atoms with van der Waals surface area (Å²) in [6, 6.07) is 5.54. The normalized spacial score (nSPS) is 10.6. The molecule has 0 spiro atoms. The van der Waals surface area contributed by atoms with Gasteiger partial charge in [-0.2, -0.15) is 0 Å². The Balaban J connectivity index is 2.61. The molecule has 1 amide bonds. The second-order valence-electron chi connectivity index (χ2n) is 3.14. The van der Waals surface area contributed by atoms with E-state index in [1.807, 2.05) is 0 Å². The molecule has 1 aromatic rings. The van der Waals surface area contributed by atoms with Gasteiger partial charge in [0.2, 0.25) is 5.91 Å². The van der Waals surface area contributed by atoms with E-state index in [2.05, 4.69) is 14.6 Å². The van der Waals surface area contributed by atoms with E-state index in [0.717, 1.165) is 0 Å². The predicted molar refractivity (Wildman–Crippen MR) is 59.9 cm³/mol. The van der Waals surface area contributed by atoms with Crippen molar-refractivity contribution in [3.63, 3.8) is 0 Å². The molecule has 0 radical (unpaired) electrons. The lowest BCUT2D eigenvalue weighted by molar-refractivity contribution is -0.114. The molecule has 0 unspecified atom stereocenters. The van der Waals surface area contributed by atoms with Crippen LogP contribution in [-0.4, -0.2) is 21.8 Å². The molecule has 0 saturated carbocycles.